The number of nitrogens with one attached hydrogen (secondary N) is 2. The molecule has 1 aromatic heterocycles. The molecule has 0 bridgehead atoms. The van der Waals surface area contributed by atoms with Gasteiger partial charge in [0.05, 0.1) is 0 Å². The fourth-order valence-corrected chi connectivity index (χ4v) is 1.50. The van der Waals surface area contributed by atoms with E-state index >= 15 is 0 Å². The first kappa shape index (κ1) is 11.3. The molecule has 0 amide bonds. The van der Waals surface area contributed by atoms with Crippen molar-refractivity contribution in [2.24, 2.45) is 0 Å². The number of carbonyl (C=O) groups is 1. The molecule has 2 N–H and O–H groups in total. The number of aromatic nitrogens is 3. The molecule has 0 unspecified atom stereocenters. The predicted octanol–water partition coefficient (Wildman–Crippen LogP) is 1.66. The van der Waals surface area contributed by atoms with Crippen LogP contribution in [0.2, 0.25) is 0 Å². The van der Waals surface area contributed by atoms with Gasteiger partial charge in [-0.05, 0) is 31.2 Å². The number of hydrogen-bond acceptors (Lipinski definition) is 4. The second kappa shape index (κ2) is 5.25. The van der Waals surface area contributed by atoms with E-state index in [0.717, 1.165) is 30.0 Å². The monoisotopic (exact) mass is 230 g/mol. The molecule has 2 aromatic rings. The summed E-state index contributed by atoms with van der Waals surface area (Å²) in [5, 5.41) is 9.83. The lowest BCUT2D eigenvalue weighted by atomic mass is 10.1. The maximum absolute atomic E-state index is 11.1. The summed E-state index contributed by atoms with van der Waals surface area (Å²) < 4.78 is 0. The van der Waals surface area contributed by atoms with Crippen LogP contribution < -0.4 is 5.32 Å². The molecule has 88 valence electrons. The van der Waals surface area contributed by atoms with E-state index in [2.05, 4.69) is 20.5 Å². The van der Waals surface area contributed by atoms with Crippen molar-refractivity contribution in [3.05, 3.63) is 42.0 Å². The number of hydrogen-bond donors (Lipinski definition) is 2. The lowest BCUT2D eigenvalue weighted by molar-refractivity contribution is 0.101. The minimum atomic E-state index is 0.0817. The van der Waals surface area contributed by atoms with Gasteiger partial charge in [-0.25, -0.2) is 4.98 Å². The first-order valence-corrected chi connectivity index (χ1v) is 5.45. The van der Waals surface area contributed by atoms with Crippen molar-refractivity contribution in [2.75, 3.05) is 11.9 Å². The molecule has 5 nitrogen and oxygen atoms in total. The van der Waals surface area contributed by atoms with Crippen LogP contribution in [0.1, 0.15) is 23.1 Å². The smallest absolute Gasteiger partial charge is 0.159 e. The van der Waals surface area contributed by atoms with E-state index < -0.39 is 0 Å². The van der Waals surface area contributed by atoms with E-state index in [1.54, 1.807) is 6.92 Å². The summed E-state index contributed by atoms with van der Waals surface area (Å²) >= 11 is 0. The topological polar surface area (TPSA) is 70.7 Å². The van der Waals surface area contributed by atoms with Crippen LogP contribution in [0.5, 0.6) is 0 Å². The summed E-state index contributed by atoms with van der Waals surface area (Å²) in [5.74, 6) is 0.941. The summed E-state index contributed by atoms with van der Waals surface area (Å²) in [6.45, 7) is 2.33. The molecule has 5 heteroatoms. The number of aromatic amines is 1. The number of benzene rings is 1. The van der Waals surface area contributed by atoms with Crippen LogP contribution in [-0.2, 0) is 6.42 Å². The van der Waals surface area contributed by atoms with Crippen molar-refractivity contribution < 1.29 is 4.79 Å². The Morgan fingerprint density at radius 1 is 1.35 bits per heavy atom. The third-order valence-corrected chi connectivity index (χ3v) is 2.45. The average molecular weight is 230 g/mol. The maximum Gasteiger partial charge on any atom is 0.159 e. The molecule has 0 atom stereocenters. The average Bonchev–Trinajstić information content (AvgIpc) is 2.83. The highest BCUT2D eigenvalue weighted by atomic mass is 16.1. The molecule has 17 heavy (non-hydrogen) atoms. The molecule has 1 aromatic carbocycles. The minimum Gasteiger partial charge on any atom is -0.385 e. The van der Waals surface area contributed by atoms with Crippen molar-refractivity contribution in [3.8, 4) is 0 Å². The van der Waals surface area contributed by atoms with Gasteiger partial charge in [-0.3, -0.25) is 9.89 Å². The third kappa shape index (κ3) is 3.14. The minimum absolute atomic E-state index is 0.0817. The standard InChI is InChI=1S/C12H14N4O/c1-9(17)10-2-4-11(5-3-10)13-7-6-12-14-8-15-16-12/h2-5,8,13H,6-7H2,1H3,(H,14,15,16). The second-order valence-electron chi connectivity index (χ2n) is 3.74. The largest absolute Gasteiger partial charge is 0.385 e. The van der Waals surface area contributed by atoms with E-state index in [0.29, 0.717) is 0 Å². The molecule has 0 saturated heterocycles. The van der Waals surface area contributed by atoms with Crippen LogP contribution in [0, 0.1) is 0 Å². The predicted molar refractivity (Wildman–Crippen MR) is 65.0 cm³/mol. The second-order valence-corrected chi connectivity index (χ2v) is 3.74. The van der Waals surface area contributed by atoms with Crippen molar-refractivity contribution in [2.45, 2.75) is 13.3 Å². The van der Waals surface area contributed by atoms with E-state index in [1.807, 2.05) is 24.3 Å². The van der Waals surface area contributed by atoms with Gasteiger partial charge in [0.15, 0.2) is 5.78 Å². The van der Waals surface area contributed by atoms with Gasteiger partial charge in [0.2, 0.25) is 0 Å². The van der Waals surface area contributed by atoms with Gasteiger partial charge >= 0.3 is 0 Å². The van der Waals surface area contributed by atoms with E-state index in [1.165, 1.54) is 6.33 Å². The molecular formula is C12H14N4O. The van der Waals surface area contributed by atoms with Crippen LogP contribution in [0.15, 0.2) is 30.6 Å². The van der Waals surface area contributed by atoms with Gasteiger partial charge in [0.25, 0.3) is 0 Å². The number of rotatable bonds is 5. The number of anilines is 1. The summed E-state index contributed by atoms with van der Waals surface area (Å²) in [6.07, 6.45) is 2.28. The zero-order chi connectivity index (χ0) is 12.1. The molecule has 0 aliphatic heterocycles. The van der Waals surface area contributed by atoms with Crippen molar-refractivity contribution in [3.63, 3.8) is 0 Å². The van der Waals surface area contributed by atoms with Gasteiger partial charge in [-0.2, -0.15) is 5.10 Å². The van der Waals surface area contributed by atoms with Crippen LogP contribution >= 0.6 is 0 Å². The zero-order valence-electron chi connectivity index (χ0n) is 9.60. The molecule has 2 rings (SSSR count). The SMILES string of the molecule is CC(=O)c1ccc(NCCc2ncn[nH]2)cc1. The molecule has 0 fully saturated rings. The number of nitrogens with zero attached hydrogens (tertiary/aromatic N) is 2. The first-order valence-electron chi connectivity index (χ1n) is 5.45. The quantitative estimate of drug-likeness (QED) is 0.766. The maximum atomic E-state index is 11.1. The Bertz CT molecular complexity index is 476. The van der Waals surface area contributed by atoms with Crippen molar-refractivity contribution >= 4 is 11.5 Å². The van der Waals surface area contributed by atoms with Crippen LogP contribution in [-0.4, -0.2) is 27.5 Å². The van der Waals surface area contributed by atoms with Gasteiger partial charge < -0.3 is 5.32 Å². The zero-order valence-corrected chi connectivity index (χ0v) is 9.60. The molecular weight excluding hydrogens is 216 g/mol. The fraction of sp³-hybridized carbons (Fsp3) is 0.250. The van der Waals surface area contributed by atoms with E-state index in [-0.39, 0.29) is 5.78 Å². The molecule has 1 heterocycles. The lowest BCUT2D eigenvalue weighted by Gasteiger charge is -2.05. The lowest BCUT2D eigenvalue weighted by Crippen LogP contribution is -2.06. The van der Waals surface area contributed by atoms with Gasteiger partial charge in [0.1, 0.15) is 12.2 Å². The van der Waals surface area contributed by atoms with Gasteiger partial charge in [-0.1, -0.05) is 0 Å². The highest BCUT2D eigenvalue weighted by Crippen LogP contribution is 2.09. The van der Waals surface area contributed by atoms with Crippen LogP contribution in [0.4, 0.5) is 5.69 Å². The summed E-state index contributed by atoms with van der Waals surface area (Å²) in [4.78, 5) is 15.1. The summed E-state index contributed by atoms with van der Waals surface area (Å²) in [5.41, 5.74) is 1.72. The van der Waals surface area contributed by atoms with Gasteiger partial charge in [-0.15, -0.1) is 0 Å². The van der Waals surface area contributed by atoms with E-state index in [4.69, 9.17) is 0 Å². The highest BCUT2D eigenvalue weighted by Gasteiger charge is 1.99. The Morgan fingerprint density at radius 2 is 2.12 bits per heavy atom. The molecule has 0 aliphatic rings. The Kier molecular flexibility index (Phi) is 3.49. The highest BCUT2D eigenvalue weighted by molar-refractivity contribution is 5.94. The molecule has 0 aliphatic carbocycles. The normalized spacial score (nSPS) is 10.2. The Labute approximate surface area is 99.3 Å². The number of Topliss-reactive ketones (excluding diaryl/α,β-unsaturated/α-hetero) is 1. The number of carbonyl (C=O) groups excluding carboxylic acids is 1. The van der Waals surface area contributed by atoms with Crippen molar-refractivity contribution in [1.29, 1.82) is 0 Å². The summed E-state index contributed by atoms with van der Waals surface area (Å²) in [6, 6.07) is 7.44. The summed E-state index contributed by atoms with van der Waals surface area (Å²) in [7, 11) is 0. The van der Waals surface area contributed by atoms with Crippen LogP contribution in [0.3, 0.4) is 0 Å². The number of H-pyrrole nitrogens is 1. The first-order chi connectivity index (χ1) is 8.25. The van der Waals surface area contributed by atoms with Gasteiger partial charge in [0, 0.05) is 24.2 Å². The molecule has 0 spiro atoms. The third-order valence-electron chi connectivity index (χ3n) is 2.45. The molecule has 0 saturated carbocycles. The van der Waals surface area contributed by atoms with Crippen molar-refractivity contribution in [1.82, 2.24) is 15.2 Å². The Balaban J connectivity index is 1.85. The van der Waals surface area contributed by atoms with E-state index in [9.17, 15) is 4.79 Å². The Hall–Kier alpha value is -2.17. The Morgan fingerprint density at radius 3 is 2.71 bits per heavy atom. The number of ketones is 1. The van der Waals surface area contributed by atoms with Crippen LogP contribution in [0.25, 0.3) is 0 Å². The molecule has 0 radical (unpaired) electrons. The fourth-order valence-electron chi connectivity index (χ4n) is 1.50.